The monoisotopic (exact) mass is 221 g/mol. The molecule has 0 spiro atoms. The zero-order valence-electron chi connectivity index (χ0n) is 10.4. The smallest absolute Gasteiger partial charge is 0.325 e. The zero-order chi connectivity index (χ0) is 12.1. The van der Waals surface area contributed by atoms with Crippen LogP contribution in [0.2, 0.25) is 0 Å². The van der Waals surface area contributed by atoms with Gasteiger partial charge in [-0.05, 0) is 49.4 Å². The SMILES string of the molecule is CNOC(=O)CCc1cc(C)c(C)c(C)c1. The lowest BCUT2D eigenvalue weighted by Gasteiger charge is -2.08. The van der Waals surface area contributed by atoms with Crippen molar-refractivity contribution in [3.63, 3.8) is 0 Å². The molecule has 3 heteroatoms. The van der Waals surface area contributed by atoms with Gasteiger partial charge in [-0.15, -0.1) is 0 Å². The molecule has 0 aliphatic carbocycles. The first kappa shape index (κ1) is 12.7. The molecule has 1 aromatic carbocycles. The average Bonchev–Trinajstić information content (AvgIpc) is 2.23. The van der Waals surface area contributed by atoms with Crippen LogP contribution in [0.1, 0.15) is 28.7 Å². The molecule has 1 N–H and O–H groups in total. The van der Waals surface area contributed by atoms with E-state index in [1.165, 1.54) is 22.3 Å². The molecule has 0 saturated heterocycles. The van der Waals surface area contributed by atoms with Crippen LogP contribution in [0.25, 0.3) is 0 Å². The highest BCUT2D eigenvalue weighted by atomic mass is 16.7. The van der Waals surface area contributed by atoms with Crippen LogP contribution < -0.4 is 5.48 Å². The Kier molecular flexibility index (Phi) is 4.50. The number of aryl methyl sites for hydroxylation is 3. The molecule has 0 atom stereocenters. The summed E-state index contributed by atoms with van der Waals surface area (Å²) < 4.78 is 0. The van der Waals surface area contributed by atoms with Crippen molar-refractivity contribution in [3.8, 4) is 0 Å². The molecule has 1 rings (SSSR count). The minimum Gasteiger partial charge on any atom is -0.371 e. The number of carbonyl (C=O) groups excluding carboxylic acids is 1. The van der Waals surface area contributed by atoms with Crippen LogP contribution in [-0.2, 0) is 16.1 Å². The standard InChI is InChI=1S/C13H19NO2/c1-9-7-12(8-10(2)11(9)3)5-6-13(15)16-14-4/h7-8,14H,5-6H2,1-4H3. The van der Waals surface area contributed by atoms with Crippen LogP contribution in [0.5, 0.6) is 0 Å². The molecule has 0 aliphatic heterocycles. The van der Waals surface area contributed by atoms with Gasteiger partial charge in [0.2, 0.25) is 0 Å². The number of hydroxylamine groups is 1. The van der Waals surface area contributed by atoms with E-state index in [1.807, 2.05) is 0 Å². The van der Waals surface area contributed by atoms with E-state index in [1.54, 1.807) is 7.05 Å². The summed E-state index contributed by atoms with van der Waals surface area (Å²) in [4.78, 5) is 15.8. The highest BCUT2D eigenvalue weighted by Gasteiger charge is 2.05. The van der Waals surface area contributed by atoms with Gasteiger partial charge in [0, 0.05) is 7.05 Å². The van der Waals surface area contributed by atoms with Crippen LogP contribution in [0.3, 0.4) is 0 Å². The van der Waals surface area contributed by atoms with Gasteiger partial charge in [-0.2, -0.15) is 5.48 Å². The largest absolute Gasteiger partial charge is 0.371 e. The van der Waals surface area contributed by atoms with Crippen molar-refractivity contribution >= 4 is 5.97 Å². The zero-order valence-corrected chi connectivity index (χ0v) is 10.4. The Labute approximate surface area is 96.8 Å². The predicted molar refractivity (Wildman–Crippen MR) is 64.1 cm³/mol. The maximum atomic E-state index is 11.2. The Morgan fingerprint density at radius 3 is 2.31 bits per heavy atom. The number of hydrogen-bond donors (Lipinski definition) is 1. The summed E-state index contributed by atoms with van der Waals surface area (Å²) in [5.74, 6) is -0.224. The summed E-state index contributed by atoms with van der Waals surface area (Å²) in [5.41, 5.74) is 7.45. The summed E-state index contributed by atoms with van der Waals surface area (Å²) in [7, 11) is 1.58. The summed E-state index contributed by atoms with van der Waals surface area (Å²) in [6.45, 7) is 6.30. The van der Waals surface area contributed by atoms with Gasteiger partial charge in [0.25, 0.3) is 0 Å². The molecule has 0 saturated carbocycles. The van der Waals surface area contributed by atoms with E-state index in [2.05, 4.69) is 43.2 Å². The van der Waals surface area contributed by atoms with Crippen molar-refractivity contribution in [3.05, 3.63) is 34.4 Å². The summed E-state index contributed by atoms with van der Waals surface area (Å²) in [5, 5.41) is 0. The minimum absolute atomic E-state index is 0.224. The van der Waals surface area contributed by atoms with Crippen molar-refractivity contribution in [2.75, 3.05) is 7.05 Å². The lowest BCUT2D eigenvalue weighted by atomic mass is 9.98. The van der Waals surface area contributed by atoms with E-state index in [0.717, 1.165) is 6.42 Å². The summed E-state index contributed by atoms with van der Waals surface area (Å²) in [6.07, 6.45) is 1.13. The van der Waals surface area contributed by atoms with Crippen LogP contribution in [-0.4, -0.2) is 13.0 Å². The van der Waals surface area contributed by atoms with E-state index < -0.39 is 0 Å². The quantitative estimate of drug-likeness (QED) is 0.792. The predicted octanol–water partition coefficient (Wildman–Crippen LogP) is 2.22. The first-order valence-corrected chi connectivity index (χ1v) is 5.47. The molecule has 0 fully saturated rings. The van der Waals surface area contributed by atoms with Crippen molar-refractivity contribution in [2.24, 2.45) is 0 Å². The number of hydrogen-bond acceptors (Lipinski definition) is 3. The summed E-state index contributed by atoms with van der Waals surface area (Å²) in [6, 6.07) is 4.27. The Bertz CT molecular complexity index is 363. The Hall–Kier alpha value is -1.35. The Morgan fingerprint density at radius 1 is 1.25 bits per heavy atom. The number of nitrogens with one attached hydrogen (secondary N) is 1. The number of benzene rings is 1. The van der Waals surface area contributed by atoms with Crippen molar-refractivity contribution in [1.82, 2.24) is 5.48 Å². The fourth-order valence-corrected chi connectivity index (χ4v) is 1.68. The summed E-state index contributed by atoms with van der Waals surface area (Å²) >= 11 is 0. The molecule has 0 unspecified atom stereocenters. The van der Waals surface area contributed by atoms with Crippen LogP contribution in [0, 0.1) is 20.8 Å². The maximum absolute atomic E-state index is 11.2. The second-order valence-corrected chi connectivity index (χ2v) is 4.03. The van der Waals surface area contributed by atoms with E-state index in [-0.39, 0.29) is 5.97 Å². The number of rotatable bonds is 4. The fourth-order valence-electron chi connectivity index (χ4n) is 1.68. The lowest BCUT2D eigenvalue weighted by molar-refractivity contribution is -0.149. The Balaban J connectivity index is 2.65. The topological polar surface area (TPSA) is 38.3 Å². The van der Waals surface area contributed by atoms with Crippen molar-refractivity contribution < 1.29 is 9.63 Å². The van der Waals surface area contributed by atoms with Gasteiger partial charge in [0.05, 0.1) is 6.42 Å². The lowest BCUT2D eigenvalue weighted by Crippen LogP contribution is -2.15. The highest BCUT2D eigenvalue weighted by molar-refractivity contribution is 5.69. The van der Waals surface area contributed by atoms with Crippen molar-refractivity contribution in [1.29, 1.82) is 0 Å². The van der Waals surface area contributed by atoms with E-state index in [4.69, 9.17) is 0 Å². The van der Waals surface area contributed by atoms with Gasteiger partial charge < -0.3 is 4.84 Å². The Morgan fingerprint density at radius 2 is 1.81 bits per heavy atom. The molecular formula is C13H19NO2. The average molecular weight is 221 g/mol. The van der Waals surface area contributed by atoms with E-state index >= 15 is 0 Å². The molecule has 88 valence electrons. The molecule has 0 aromatic heterocycles. The second kappa shape index (κ2) is 5.66. The molecule has 0 heterocycles. The minimum atomic E-state index is -0.224. The first-order valence-electron chi connectivity index (χ1n) is 5.47. The van der Waals surface area contributed by atoms with Crippen LogP contribution in [0.15, 0.2) is 12.1 Å². The molecular weight excluding hydrogens is 202 g/mol. The third-order valence-electron chi connectivity index (χ3n) is 2.82. The normalized spacial score (nSPS) is 10.2. The molecule has 16 heavy (non-hydrogen) atoms. The van der Waals surface area contributed by atoms with Crippen molar-refractivity contribution in [2.45, 2.75) is 33.6 Å². The molecule has 1 aromatic rings. The molecule has 0 radical (unpaired) electrons. The molecule has 0 bridgehead atoms. The molecule has 3 nitrogen and oxygen atoms in total. The van der Waals surface area contributed by atoms with Gasteiger partial charge in [0.1, 0.15) is 0 Å². The highest BCUT2D eigenvalue weighted by Crippen LogP contribution is 2.16. The van der Waals surface area contributed by atoms with E-state index in [0.29, 0.717) is 6.42 Å². The van der Waals surface area contributed by atoms with Crippen LogP contribution >= 0.6 is 0 Å². The molecule has 0 amide bonds. The first-order chi connectivity index (χ1) is 7.54. The molecule has 0 aliphatic rings. The van der Waals surface area contributed by atoms with Crippen LogP contribution in [0.4, 0.5) is 0 Å². The van der Waals surface area contributed by atoms with Gasteiger partial charge in [-0.25, -0.2) is 0 Å². The van der Waals surface area contributed by atoms with Gasteiger partial charge in [-0.1, -0.05) is 12.1 Å². The van der Waals surface area contributed by atoms with Gasteiger partial charge in [-0.3, -0.25) is 4.79 Å². The maximum Gasteiger partial charge on any atom is 0.325 e. The number of carbonyl (C=O) groups is 1. The third-order valence-corrected chi connectivity index (χ3v) is 2.82. The second-order valence-electron chi connectivity index (χ2n) is 4.03. The van der Waals surface area contributed by atoms with Gasteiger partial charge in [0.15, 0.2) is 0 Å². The third kappa shape index (κ3) is 3.35. The van der Waals surface area contributed by atoms with E-state index in [9.17, 15) is 4.79 Å². The fraction of sp³-hybridized carbons (Fsp3) is 0.462. The van der Waals surface area contributed by atoms with Gasteiger partial charge >= 0.3 is 5.97 Å².